The highest BCUT2D eigenvalue weighted by atomic mass is 32.2. The number of ether oxygens (including phenoxy) is 2. The van der Waals surface area contributed by atoms with Gasteiger partial charge in [-0.3, -0.25) is 4.99 Å². The molecular weight excluding hydrogens is 665 g/mol. The highest BCUT2D eigenvalue weighted by molar-refractivity contribution is 7.99. The van der Waals surface area contributed by atoms with E-state index in [0.717, 1.165) is 54.2 Å². The third-order valence-corrected chi connectivity index (χ3v) is 10.0. The van der Waals surface area contributed by atoms with Crippen molar-refractivity contribution in [1.29, 1.82) is 0 Å². The number of hydrogen-bond acceptors (Lipinski definition) is 10. The van der Waals surface area contributed by atoms with Gasteiger partial charge in [-0.1, -0.05) is 6.07 Å². The van der Waals surface area contributed by atoms with Gasteiger partial charge < -0.3 is 19.3 Å². The smallest absolute Gasteiger partial charge is 0.350 e. The Kier molecular flexibility index (Phi) is 9.79. The van der Waals surface area contributed by atoms with Crippen LogP contribution < -0.4 is 15.5 Å². The van der Waals surface area contributed by atoms with Crippen LogP contribution in [0.4, 0.5) is 20.2 Å². The zero-order valence-electron chi connectivity index (χ0n) is 27.7. The van der Waals surface area contributed by atoms with Crippen molar-refractivity contribution in [3.05, 3.63) is 113 Å². The SMILES string of the molecule is CN=CC(C)n1ncn(-c2ccc(N3CCN(c4ccc(SCC5OCC(Cn6cncn6)(c6ccc(F)cc6F)O5)cc4)CC3)cc2)c1=O. The Bertz CT molecular complexity index is 1980. The van der Waals surface area contributed by atoms with Gasteiger partial charge in [-0.25, -0.2) is 32.5 Å². The Morgan fingerprint density at radius 1 is 0.960 bits per heavy atom. The molecule has 0 N–H and O–H groups in total. The summed E-state index contributed by atoms with van der Waals surface area (Å²) in [6.07, 6.45) is 5.56. The molecule has 2 aromatic heterocycles. The standard InChI is InChI=1S/C35H37F2N9O3S/c1-25(18-38-2)46-34(47)45(24-41-46)29-6-4-27(5-7-29)42-13-15-43(16-14-42)28-8-10-30(11-9-28)50-19-33-48-21-35(49-33,20-44-23-39-22-40-44)31-12-3-26(36)17-32(31)37/h3-12,17-18,22-25,33H,13-16,19-21H2,1-2H3. The van der Waals surface area contributed by atoms with E-state index < -0.39 is 23.5 Å². The maximum Gasteiger partial charge on any atom is 0.350 e. The molecule has 260 valence electrons. The lowest BCUT2D eigenvalue weighted by atomic mass is 9.94. The van der Waals surface area contributed by atoms with Gasteiger partial charge in [0.25, 0.3) is 0 Å². The van der Waals surface area contributed by atoms with Crippen molar-refractivity contribution < 1.29 is 18.3 Å². The van der Waals surface area contributed by atoms with Gasteiger partial charge in [-0.15, -0.1) is 11.8 Å². The van der Waals surface area contributed by atoms with Crippen LogP contribution in [-0.2, 0) is 21.6 Å². The van der Waals surface area contributed by atoms with Crippen LogP contribution in [-0.4, -0.2) is 87.2 Å². The number of nitrogens with zero attached hydrogens (tertiary/aromatic N) is 9. The summed E-state index contributed by atoms with van der Waals surface area (Å²) in [7, 11) is 1.68. The zero-order valence-corrected chi connectivity index (χ0v) is 28.5. The third-order valence-electron chi connectivity index (χ3n) is 8.97. The van der Waals surface area contributed by atoms with Crippen molar-refractivity contribution in [2.24, 2.45) is 4.99 Å². The molecule has 2 saturated heterocycles. The summed E-state index contributed by atoms with van der Waals surface area (Å²) in [5.41, 5.74) is 1.87. The highest BCUT2D eigenvalue weighted by Crippen LogP contribution is 2.38. The summed E-state index contributed by atoms with van der Waals surface area (Å²) >= 11 is 1.59. The van der Waals surface area contributed by atoms with E-state index in [4.69, 9.17) is 9.47 Å². The quantitative estimate of drug-likeness (QED) is 0.145. The number of thioether (sulfide) groups is 1. The molecule has 7 rings (SSSR count). The van der Waals surface area contributed by atoms with Crippen molar-refractivity contribution in [2.75, 3.05) is 55.4 Å². The number of anilines is 2. The number of rotatable bonds is 11. The van der Waals surface area contributed by atoms with Crippen molar-refractivity contribution in [3.8, 4) is 5.69 Å². The minimum absolute atomic E-state index is 0.0932. The Balaban J connectivity index is 0.923. The topological polar surface area (TPSA) is 108 Å². The van der Waals surface area contributed by atoms with Crippen molar-refractivity contribution in [3.63, 3.8) is 0 Å². The lowest BCUT2D eigenvalue weighted by Gasteiger charge is -2.37. The van der Waals surface area contributed by atoms with Crippen LogP contribution in [0.25, 0.3) is 5.69 Å². The molecule has 4 heterocycles. The highest BCUT2D eigenvalue weighted by Gasteiger charge is 2.45. The lowest BCUT2D eigenvalue weighted by molar-refractivity contribution is -0.0848. The van der Waals surface area contributed by atoms with E-state index in [1.807, 2.05) is 31.2 Å². The molecule has 0 amide bonds. The number of halogens is 2. The summed E-state index contributed by atoms with van der Waals surface area (Å²) in [6.45, 7) is 5.61. The first-order valence-electron chi connectivity index (χ1n) is 16.3. The minimum Gasteiger partial charge on any atom is -0.368 e. The van der Waals surface area contributed by atoms with Gasteiger partial charge >= 0.3 is 5.69 Å². The average molecular weight is 702 g/mol. The van der Waals surface area contributed by atoms with Crippen molar-refractivity contribution in [2.45, 2.75) is 36.3 Å². The van der Waals surface area contributed by atoms with Crippen LogP contribution in [0.5, 0.6) is 0 Å². The van der Waals surface area contributed by atoms with Gasteiger partial charge in [-0.05, 0) is 61.5 Å². The fourth-order valence-electron chi connectivity index (χ4n) is 6.39. The van der Waals surface area contributed by atoms with Crippen LogP contribution in [0.15, 0.2) is 100 Å². The molecule has 15 heteroatoms. The van der Waals surface area contributed by atoms with Crippen LogP contribution in [0.2, 0.25) is 0 Å². The first-order chi connectivity index (χ1) is 24.3. The van der Waals surface area contributed by atoms with Gasteiger partial charge in [-0.2, -0.15) is 10.2 Å². The van der Waals surface area contributed by atoms with E-state index in [9.17, 15) is 13.6 Å². The van der Waals surface area contributed by atoms with Crippen LogP contribution in [0.1, 0.15) is 18.5 Å². The molecule has 5 aromatic rings. The molecule has 50 heavy (non-hydrogen) atoms. The molecule has 0 spiro atoms. The Labute approximate surface area is 292 Å². The molecule has 3 unspecified atom stereocenters. The molecule has 0 bridgehead atoms. The van der Waals surface area contributed by atoms with Crippen molar-refractivity contribution >= 4 is 29.4 Å². The third kappa shape index (κ3) is 7.06. The molecular formula is C35H37F2N9O3S. The number of hydrogen-bond donors (Lipinski definition) is 0. The summed E-state index contributed by atoms with van der Waals surface area (Å²) in [5.74, 6) is -0.858. The molecule has 3 atom stereocenters. The predicted molar refractivity (Wildman–Crippen MR) is 187 cm³/mol. The first kappa shape index (κ1) is 33.6. The number of piperazine rings is 1. The van der Waals surface area contributed by atoms with E-state index in [1.54, 1.807) is 40.6 Å². The molecule has 0 radical (unpaired) electrons. The van der Waals surface area contributed by atoms with Crippen LogP contribution in [0, 0.1) is 11.6 Å². The molecule has 12 nitrogen and oxygen atoms in total. The molecule has 2 aliphatic heterocycles. The largest absolute Gasteiger partial charge is 0.368 e. The van der Waals surface area contributed by atoms with Gasteiger partial charge in [0.05, 0.1) is 24.9 Å². The fraction of sp³-hybridized carbons (Fsp3) is 0.343. The molecule has 2 fully saturated rings. The normalized spacial score (nSPS) is 20.2. The Morgan fingerprint density at radius 2 is 1.64 bits per heavy atom. The number of aromatic nitrogens is 6. The monoisotopic (exact) mass is 701 g/mol. The summed E-state index contributed by atoms with van der Waals surface area (Å²) in [4.78, 5) is 26.6. The van der Waals surface area contributed by atoms with E-state index in [2.05, 4.69) is 54.2 Å². The molecule has 2 aliphatic rings. The Hall–Kier alpha value is -4.86. The van der Waals surface area contributed by atoms with Gasteiger partial charge in [0.1, 0.15) is 36.2 Å². The van der Waals surface area contributed by atoms with Crippen LogP contribution >= 0.6 is 11.8 Å². The molecule has 0 aliphatic carbocycles. The number of benzene rings is 3. The first-order valence-corrected chi connectivity index (χ1v) is 17.3. The average Bonchev–Trinajstić information content (AvgIpc) is 3.89. The fourth-order valence-corrected chi connectivity index (χ4v) is 7.21. The van der Waals surface area contributed by atoms with E-state index in [0.29, 0.717) is 5.75 Å². The molecule has 3 aromatic carbocycles. The van der Waals surface area contributed by atoms with E-state index in [1.165, 1.54) is 29.5 Å². The van der Waals surface area contributed by atoms with Gasteiger partial charge in [0, 0.05) is 73.1 Å². The molecule has 0 saturated carbocycles. The second kappa shape index (κ2) is 14.5. The summed E-state index contributed by atoms with van der Waals surface area (Å²) < 4.78 is 45.5. The predicted octanol–water partition coefficient (Wildman–Crippen LogP) is 4.55. The maximum atomic E-state index is 14.9. The number of aliphatic imine (C=N–C) groups is 1. The van der Waals surface area contributed by atoms with E-state index >= 15 is 0 Å². The van der Waals surface area contributed by atoms with E-state index in [-0.39, 0.29) is 30.4 Å². The summed E-state index contributed by atoms with van der Waals surface area (Å²) in [5, 5.41) is 8.40. The van der Waals surface area contributed by atoms with Crippen LogP contribution in [0.3, 0.4) is 0 Å². The minimum atomic E-state index is -1.17. The summed E-state index contributed by atoms with van der Waals surface area (Å²) in [6, 6.07) is 19.7. The zero-order chi connectivity index (χ0) is 34.7. The van der Waals surface area contributed by atoms with Crippen molar-refractivity contribution in [1.82, 2.24) is 29.1 Å². The van der Waals surface area contributed by atoms with Gasteiger partial charge in [0.15, 0.2) is 6.29 Å². The lowest BCUT2D eigenvalue weighted by Crippen LogP contribution is -2.46. The van der Waals surface area contributed by atoms with Gasteiger partial charge in [0.2, 0.25) is 0 Å². The second-order valence-corrected chi connectivity index (χ2v) is 13.3. The second-order valence-electron chi connectivity index (χ2n) is 12.2. The Morgan fingerprint density at radius 3 is 2.28 bits per heavy atom. The maximum absolute atomic E-state index is 14.9.